The molecule has 2 aromatic heterocycles. The van der Waals surface area contributed by atoms with Crippen LogP contribution in [-0.4, -0.2) is 77.7 Å². The molecule has 5 rings (SSSR count). The zero-order valence-corrected chi connectivity index (χ0v) is 28.3. The Hall–Kier alpha value is -3.64. The fraction of sp³-hybridized carbons (Fsp3) is 0.562. The number of anilines is 1. The number of halogens is 3. The fourth-order valence-corrected chi connectivity index (χ4v) is 7.91. The van der Waals surface area contributed by atoms with Gasteiger partial charge >= 0.3 is 18.2 Å². The molecule has 256 valence electrons. The Balaban J connectivity index is 1.27. The quantitative estimate of drug-likeness (QED) is 0.160. The topological polar surface area (TPSA) is 147 Å². The minimum Gasteiger partial charge on any atom is -0.465 e. The number of carbonyl (C=O) groups excluding carboxylic acids is 2. The molecule has 11 nitrogen and oxygen atoms in total. The first-order valence-corrected chi connectivity index (χ1v) is 18.2. The van der Waals surface area contributed by atoms with Gasteiger partial charge in [0, 0.05) is 53.3 Å². The van der Waals surface area contributed by atoms with Gasteiger partial charge in [0.2, 0.25) is 5.95 Å². The number of alkyl halides is 3. The molecule has 0 aliphatic heterocycles. The molecule has 47 heavy (non-hydrogen) atoms. The predicted octanol–water partition coefficient (Wildman–Crippen LogP) is 5.90. The SMILES string of the molecule is COC(=O)c1ccc2c(-c3nc(N[C@H]4CC[C@H](NC5CC(CNC(=O)OC(C)(C)C)C5)C4)ncc3C(F)(F)F)c[nH]c2c1P(C)(C)=O. The Morgan fingerprint density at radius 2 is 1.77 bits per heavy atom. The van der Waals surface area contributed by atoms with Crippen molar-refractivity contribution in [2.45, 2.75) is 82.8 Å². The number of benzene rings is 1. The van der Waals surface area contributed by atoms with Crippen molar-refractivity contribution in [3.8, 4) is 11.3 Å². The molecule has 2 aliphatic rings. The Morgan fingerprint density at radius 1 is 1.06 bits per heavy atom. The van der Waals surface area contributed by atoms with Crippen LogP contribution in [0.15, 0.2) is 24.5 Å². The molecule has 1 amide bonds. The van der Waals surface area contributed by atoms with Crippen molar-refractivity contribution in [1.29, 1.82) is 0 Å². The van der Waals surface area contributed by atoms with E-state index in [0.29, 0.717) is 29.4 Å². The summed E-state index contributed by atoms with van der Waals surface area (Å²) in [5.41, 5.74) is -1.35. The summed E-state index contributed by atoms with van der Waals surface area (Å²) < 4.78 is 66.0. The first-order chi connectivity index (χ1) is 21.9. The lowest BCUT2D eigenvalue weighted by atomic mass is 9.80. The normalized spacial score (nSPS) is 21.7. The highest BCUT2D eigenvalue weighted by atomic mass is 31.2. The fourth-order valence-electron chi connectivity index (χ4n) is 6.44. The molecule has 0 radical (unpaired) electrons. The minimum absolute atomic E-state index is 0.0370. The van der Waals surface area contributed by atoms with Crippen molar-refractivity contribution < 1.29 is 36.8 Å². The van der Waals surface area contributed by atoms with Crippen LogP contribution in [0, 0.1) is 5.92 Å². The van der Waals surface area contributed by atoms with Gasteiger partial charge in [-0.15, -0.1) is 0 Å². The van der Waals surface area contributed by atoms with Crippen LogP contribution in [0.25, 0.3) is 22.2 Å². The molecule has 2 aliphatic carbocycles. The summed E-state index contributed by atoms with van der Waals surface area (Å²) in [5.74, 6) is -0.236. The van der Waals surface area contributed by atoms with E-state index in [1.807, 2.05) is 20.8 Å². The van der Waals surface area contributed by atoms with E-state index >= 15 is 0 Å². The standard InChI is InChI=1S/C32H42F3N6O5P/c1-31(2,3)46-30(43)38-14-17-11-20(12-17)39-18-7-8-19(13-18)40-29-37-16-24(32(33,34)35)25(41-29)23-15-36-26-21(23)9-10-22(28(42)45-4)27(26)47(5,6)44/h9-10,15-20,36,39H,7-8,11-14H2,1-6H3,(H,38,43)(H,37,40,41)/t17?,18-,19-,20?/m0/s1. The van der Waals surface area contributed by atoms with E-state index < -0.39 is 36.5 Å². The second-order valence-electron chi connectivity index (χ2n) is 13.8. The number of esters is 1. The number of amides is 1. The molecular formula is C32H42F3N6O5P. The number of hydrogen-bond acceptors (Lipinski definition) is 9. The summed E-state index contributed by atoms with van der Waals surface area (Å²) in [6, 6.07) is 3.47. The third-order valence-corrected chi connectivity index (χ3v) is 10.1. The number of nitrogens with zero attached hydrogens (tertiary/aromatic N) is 2. The van der Waals surface area contributed by atoms with Crippen LogP contribution < -0.4 is 21.3 Å². The number of aromatic nitrogens is 3. The number of alkyl carbamates (subject to hydrolysis) is 1. The number of hydrogen-bond donors (Lipinski definition) is 4. The van der Waals surface area contributed by atoms with E-state index in [2.05, 4.69) is 30.9 Å². The molecule has 2 fully saturated rings. The Kier molecular flexibility index (Phi) is 9.67. The van der Waals surface area contributed by atoms with Gasteiger partial charge in [0.15, 0.2) is 0 Å². The number of ether oxygens (including phenoxy) is 2. The molecule has 0 saturated heterocycles. The highest BCUT2D eigenvalue weighted by molar-refractivity contribution is 7.70. The van der Waals surface area contributed by atoms with Crippen molar-refractivity contribution >= 4 is 41.4 Å². The number of carbonyl (C=O) groups is 2. The van der Waals surface area contributed by atoms with Gasteiger partial charge in [0.25, 0.3) is 0 Å². The van der Waals surface area contributed by atoms with Crippen LogP contribution in [0.1, 0.15) is 68.8 Å². The molecular weight excluding hydrogens is 636 g/mol. The maximum absolute atomic E-state index is 14.2. The first-order valence-electron chi connectivity index (χ1n) is 15.6. The third-order valence-electron chi connectivity index (χ3n) is 8.53. The Labute approximate surface area is 271 Å². The lowest BCUT2D eigenvalue weighted by molar-refractivity contribution is -0.137. The highest BCUT2D eigenvalue weighted by Crippen LogP contribution is 2.43. The summed E-state index contributed by atoms with van der Waals surface area (Å²) in [5, 5.41) is 10.3. The second kappa shape index (κ2) is 13.1. The summed E-state index contributed by atoms with van der Waals surface area (Å²) in [6.07, 6.45) is 1.34. The maximum Gasteiger partial charge on any atom is 0.419 e. The number of rotatable bonds is 9. The van der Waals surface area contributed by atoms with Crippen LogP contribution >= 0.6 is 7.14 Å². The number of H-pyrrole nitrogens is 1. The Bertz CT molecular complexity index is 1690. The monoisotopic (exact) mass is 678 g/mol. The van der Waals surface area contributed by atoms with Crippen LogP contribution in [0.2, 0.25) is 0 Å². The van der Waals surface area contributed by atoms with E-state index in [0.717, 1.165) is 38.3 Å². The number of aromatic amines is 1. The van der Waals surface area contributed by atoms with Crippen molar-refractivity contribution in [2.24, 2.45) is 5.92 Å². The molecule has 4 N–H and O–H groups in total. The largest absolute Gasteiger partial charge is 0.465 e. The summed E-state index contributed by atoms with van der Waals surface area (Å²) >= 11 is 0. The predicted molar refractivity (Wildman–Crippen MR) is 174 cm³/mol. The summed E-state index contributed by atoms with van der Waals surface area (Å²) in [4.78, 5) is 35.7. The van der Waals surface area contributed by atoms with Gasteiger partial charge in [-0.1, -0.05) is 6.07 Å². The van der Waals surface area contributed by atoms with Crippen LogP contribution in [-0.2, 0) is 20.2 Å². The van der Waals surface area contributed by atoms with Crippen LogP contribution in [0.5, 0.6) is 0 Å². The maximum atomic E-state index is 14.2. The zero-order chi connectivity index (χ0) is 34.3. The molecule has 2 heterocycles. The van der Waals surface area contributed by atoms with E-state index in [4.69, 9.17) is 9.47 Å². The summed E-state index contributed by atoms with van der Waals surface area (Å²) in [6.45, 7) is 9.01. The van der Waals surface area contributed by atoms with Gasteiger partial charge in [-0.3, -0.25) is 0 Å². The van der Waals surface area contributed by atoms with Gasteiger partial charge in [0.05, 0.1) is 23.9 Å². The summed E-state index contributed by atoms with van der Waals surface area (Å²) in [7, 11) is -1.87. The van der Waals surface area contributed by atoms with Crippen molar-refractivity contribution in [2.75, 3.05) is 32.3 Å². The van der Waals surface area contributed by atoms with E-state index in [1.165, 1.54) is 38.8 Å². The average molecular weight is 679 g/mol. The van der Waals surface area contributed by atoms with Gasteiger partial charge in [-0.25, -0.2) is 19.6 Å². The van der Waals surface area contributed by atoms with Crippen molar-refractivity contribution in [3.63, 3.8) is 0 Å². The van der Waals surface area contributed by atoms with E-state index in [9.17, 15) is 27.3 Å². The second-order valence-corrected chi connectivity index (χ2v) is 17.0. The van der Waals surface area contributed by atoms with Gasteiger partial charge in [-0.05, 0) is 78.2 Å². The van der Waals surface area contributed by atoms with E-state index in [-0.39, 0.29) is 40.2 Å². The number of nitrogens with one attached hydrogen (secondary N) is 4. The molecule has 3 aromatic rings. The molecule has 15 heteroatoms. The molecule has 0 bridgehead atoms. The number of methoxy groups -OCH3 is 1. The Morgan fingerprint density at radius 3 is 2.40 bits per heavy atom. The average Bonchev–Trinajstić information content (AvgIpc) is 3.57. The highest BCUT2D eigenvalue weighted by Gasteiger charge is 2.38. The molecule has 2 saturated carbocycles. The molecule has 1 aromatic carbocycles. The smallest absolute Gasteiger partial charge is 0.419 e. The van der Waals surface area contributed by atoms with Crippen molar-refractivity contribution in [1.82, 2.24) is 25.6 Å². The first kappa shape index (κ1) is 34.7. The molecule has 2 atom stereocenters. The van der Waals surface area contributed by atoms with E-state index in [1.54, 1.807) is 0 Å². The molecule has 0 spiro atoms. The lowest BCUT2D eigenvalue weighted by Crippen LogP contribution is -2.49. The minimum atomic E-state index is -4.73. The van der Waals surface area contributed by atoms with Gasteiger partial charge in [-0.2, -0.15) is 13.2 Å². The van der Waals surface area contributed by atoms with Crippen LogP contribution in [0.4, 0.5) is 23.9 Å². The van der Waals surface area contributed by atoms with Gasteiger partial charge in [0.1, 0.15) is 18.3 Å². The molecule has 0 unspecified atom stereocenters. The third kappa shape index (κ3) is 8.09. The zero-order valence-electron chi connectivity index (χ0n) is 27.4. The number of fused-ring (bicyclic) bond motifs is 1. The van der Waals surface area contributed by atoms with Crippen molar-refractivity contribution in [3.05, 3.63) is 35.7 Å². The van der Waals surface area contributed by atoms with Gasteiger partial charge < -0.3 is 35.0 Å². The van der Waals surface area contributed by atoms with Crippen LogP contribution in [0.3, 0.4) is 0 Å². The lowest BCUT2D eigenvalue weighted by Gasteiger charge is -2.38.